The number of aromatic nitrogens is 3. The van der Waals surface area contributed by atoms with Crippen molar-refractivity contribution in [3.05, 3.63) is 82.2 Å². The molecule has 1 fully saturated rings. The van der Waals surface area contributed by atoms with Crippen molar-refractivity contribution >= 4 is 17.5 Å². The van der Waals surface area contributed by atoms with Crippen LogP contribution in [0.15, 0.2) is 48.8 Å². The molecule has 0 N–H and O–H groups in total. The molecule has 1 amide bonds. The summed E-state index contributed by atoms with van der Waals surface area (Å²) in [7, 11) is 0. The van der Waals surface area contributed by atoms with Crippen molar-refractivity contribution in [3.8, 4) is 0 Å². The lowest BCUT2D eigenvalue weighted by atomic mass is 9.92. The first-order chi connectivity index (χ1) is 15.0. The molecule has 1 saturated heterocycles. The largest absolute Gasteiger partial charge is 0.342 e. The molecule has 0 saturated carbocycles. The van der Waals surface area contributed by atoms with Gasteiger partial charge in [-0.3, -0.25) is 9.78 Å². The number of nitrogens with zero attached hydrogens (tertiary/aromatic N) is 4. The maximum atomic E-state index is 12.8. The van der Waals surface area contributed by atoms with Crippen LogP contribution in [0, 0.1) is 13.8 Å². The van der Waals surface area contributed by atoms with Gasteiger partial charge in [-0.15, -0.1) is 0 Å². The van der Waals surface area contributed by atoms with E-state index in [1.807, 2.05) is 47.7 Å². The Morgan fingerprint density at radius 2 is 2.06 bits per heavy atom. The van der Waals surface area contributed by atoms with Crippen molar-refractivity contribution < 1.29 is 4.79 Å². The number of hydrogen-bond acceptors (Lipinski definition) is 3. The molecule has 0 spiro atoms. The summed E-state index contributed by atoms with van der Waals surface area (Å²) < 4.78 is 2.03. The fourth-order valence-electron chi connectivity index (χ4n) is 4.42. The highest BCUT2D eigenvalue weighted by molar-refractivity contribution is 6.30. The van der Waals surface area contributed by atoms with E-state index in [4.69, 9.17) is 16.6 Å². The van der Waals surface area contributed by atoms with Crippen molar-refractivity contribution in [2.45, 2.75) is 52.0 Å². The van der Waals surface area contributed by atoms with Gasteiger partial charge in [-0.2, -0.15) is 0 Å². The van der Waals surface area contributed by atoms with Gasteiger partial charge in [0.15, 0.2) is 0 Å². The molecule has 0 radical (unpaired) electrons. The number of benzene rings is 1. The monoisotopic (exact) mass is 436 g/mol. The average molecular weight is 437 g/mol. The molecule has 0 bridgehead atoms. The Hall–Kier alpha value is -2.66. The molecule has 4 rings (SSSR count). The zero-order valence-electron chi connectivity index (χ0n) is 18.2. The normalized spacial score (nSPS) is 16.5. The van der Waals surface area contributed by atoms with E-state index in [-0.39, 0.29) is 11.8 Å². The minimum atomic E-state index is 0.213. The Bertz CT molecular complexity index is 1060. The maximum absolute atomic E-state index is 12.8. The van der Waals surface area contributed by atoms with E-state index in [0.29, 0.717) is 13.0 Å². The van der Waals surface area contributed by atoms with Gasteiger partial charge in [-0.25, -0.2) is 4.98 Å². The summed E-state index contributed by atoms with van der Waals surface area (Å²) in [5.41, 5.74) is 4.55. The van der Waals surface area contributed by atoms with Crippen molar-refractivity contribution in [2.75, 3.05) is 13.1 Å². The Labute approximate surface area is 189 Å². The molecule has 1 aliphatic rings. The van der Waals surface area contributed by atoms with E-state index >= 15 is 0 Å². The smallest absolute Gasteiger partial charge is 0.224 e. The molecule has 5 nitrogen and oxygen atoms in total. The number of carbonyl (C=O) groups is 1. The van der Waals surface area contributed by atoms with Crippen molar-refractivity contribution in [1.29, 1.82) is 0 Å². The minimum absolute atomic E-state index is 0.213. The highest BCUT2D eigenvalue weighted by Gasteiger charge is 2.26. The van der Waals surface area contributed by atoms with Gasteiger partial charge < -0.3 is 9.47 Å². The number of rotatable bonds is 6. The fraction of sp³-hybridized carbons (Fsp3) is 0.400. The Kier molecular flexibility index (Phi) is 6.71. The molecular formula is C25H29ClN4O. The van der Waals surface area contributed by atoms with Crippen LogP contribution in [0.1, 0.15) is 53.5 Å². The first-order valence-electron chi connectivity index (χ1n) is 11.0. The van der Waals surface area contributed by atoms with E-state index in [1.165, 1.54) is 11.1 Å². The fourth-order valence-corrected chi connectivity index (χ4v) is 4.63. The summed E-state index contributed by atoms with van der Waals surface area (Å²) in [4.78, 5) is 23.9. The number of likely N-dealkylation sites (tertiary alicyclic amines) is 1. The third-order valence-electron chi connectivity index (χ3n) is 6.01. The maximum Gasteiger partial charge on any atom is 0.224 e. The van der Waals surface area contributed by atoms with Gasteiger partial charge in [0.05, 0.1) is 0 Å². The number of carbonyl (C=O) groups excluding carboxylic acids is 1. The predicted octanol–water partition coefficient (Wildman–Crippen LogP) is 4.94. The summed E-state index contributed by atoms with van der Waals surface area (Å²) in [5, 5.41) is 0.760. The molecular weight excluding hydrogens is 408 g/mol. The summed E-state index contributed by atoms with van der Waals surface area (Å²) in [6, 6.07) is 12.4. The number of hydrogen-bond donors (Lipinski definition) is 0. The molecule has 1 atom stereocenters. The van der Waals surface area contributed by atoms with Crippen LogP contribution in [0.3, 0.4) is 0 Å². The summed E-state index contributed by atoms with van der Waals surface area (Å²) in [6.07, 6.45) is 7.12. The Morgan fingerprint density at radius 1 is 1.19 bits per heavy atom. The predicted molar refractivity (Wildman–Crippen MR) is 123 cm³/mol. The van der Waals surface area contributed by atoms with Gasteiger partial charge >= 0.3 is 0 Å². The lowest BCUT2D eigenvalue weighted by Crippen LogP contribution is -2.39. The number of piperidine rings is 1. The van der Waals surface area contributed by atoms with Crippen LogP contribution in [-0.2, 0) is 17.8 Å². The Morgan fingerprint density at radius 3 is 2.84 bits per heavy atom. The summed E-state index contributed by atoms with van der Waals surface area (Å²) in [6.45, 7) is 6.27. The van der Waals surface area contributed by atoms with Crippen LogP contribution in [0.25, 0.3) is 0 Å². The SMILES string of the molecule is Cc1cc(Cc2cccc(Cl)c2)cc([C@@H]2CCCN(C(=O)CCn3ccnc3C)C2)n1. The van der Waals surface area contributed by atoms with E-state index in [0.717, 1.165) is 54.6 Å². The molecule has 31 heavy (non-hydrogen) atoms. The zero-order chi connectivity index (χ0) is 21.8. The molecule has 2 aromatic heterocycles. The summed E-state index contributed by atoms with van der Waals surface area (Å²) in [5.74, 6) is 1.44. The summed E-state index contributed by atoms with van der Waals surface area (Å²) >= 11 is 6.15. The van der Waals surface area contributed by atoms with Crippen molar-refractivity contribution in [1.82, 2.24) is 19.4 Å². The van der Waals surface area contributed by atoms with Gasteiger partial charge in [0, 0.05) is 60.8 Å². The molecule has 0 unspecified atom stereocenters. The van der Waals surface area contributed by atoms with E-state index in [1.54, 1.807) is 6.20 Å². The van der Waals surface area contributed by atoms with Gasteiger partial charge in [0.2, 0.25) is 5.91 Å². The van der Waals surface area contributed by atoms with Crippen LogP contribution in [-0.4, -0.2) is 38.4 Å². The van der Waals surface area contributed by atoms with Crippen LogP contribution >= 0.6 is 11.6 Å². The number of pyridine rings is 1. The van der Waals surface area contributed by atoms with Gasteiger partial charge in [-0.05, 0) is 68.5 Å². The molecule has 162 valence electrons. The third kappa shape index (κ3) is 5.53. The van der Waals surface area contributed by atoms with Gasteiger partial charge in [-0.1, -0.05) is 23.7 Å². The topological polar surface area (TPSA) is 51.0 Å². The van der Waals surface area contributed by atoms with Gasteiger partial charge in [0.25, 0.3) is 0 Å². The van der Waals surface area contributed by atoms with Crippen LogP contribution in [0.5, 0.6) is 0 Å². The van der Waals surface area contributed by atoms with Crippen LogP contribution < -0.4 is 0 Å². The molecule has 0 aliphatic carbocycles. The lowest BCUT2D eigenvalue weighted by Gasteiger charge is -2.33. The highest BCUT2D eigenvalue weighted by atomic mass is 35.5. The molecule has 3 aromatic rings. The second kappa shape index (κ2) is 9.65. The van der Waals surface area contributed by atoms with Gasteiger partial charge in [0.1, 0.15) is 5.82 Å². The van der Waals surface area contributed by atoms with E-state index in [9.17, 15) is 4.79 Å². The standard InChI is InChI=1S/C25H29ClN4O/c1-18-13-21(14-20-5-3-7-23(26)15-20)16-24(28-18)22-6-4-10-30(17-22)25(31)8-11-29-12-9-27-19(29)2/h3,5,7,9,12-13,15-16,22H,4,6,8,10-11,14,17H2,1-2H3/t22-/m1/s1. The van der Waals surface area contributed by atoms with E-state index < -0.39 is 0 Å². The van der Waals surface area contributed by atoms with Crippen LogP contribution in [0.2, 0.25) is 5.02 Å². The highest BCUT2D eigenvalue weighted by Crippen LogP contribution is 2.28. The number of imidazole rings is 1. The van der Waals surface area contributed by atoms with Crippen molar-refractivity contribution in [3.63, 3.8) is 0 Å². The number of aryl methyl sites for hydroxylation is 3. The first-order valence-corrected chi connectivity index (χ1v) is 11.3. The number of halogens is 1. The molecule has 3 heterocycles. The second-order valence-corrected chi connectivity index (χ2v) is 8.88. The average Bonchev–Trinajstić information content (AvgIpc) is 3.16. The molecule has 1 aromatic carbocycles. The zero-order valence-corrected chi connectivity index (χ0v) is 19.0. The Balaban J connectivity index is 1.43. The minimum Gasteiger partial charge on any atom is -0.342 e. The quantitative estimate of drug-likeness (QED) is 0.550. The third-order valence-corrected chi connectivity index (χ3v) is 6.25. The second-order valence-electron chi connectivity index (χ2n) is 8.45. The molecule has 1 aliphatic heterocycles. The van der Waals surface area contributed by atoms with E-state index in [2.05, 4.69) is 23.2 Å². The number of amides is 1. The first kappa shape index (κ1) is 21.6. The van der Waals surface area contributed by atoms with Crippen LogP contribution in [0.4, 0.5) is 0 Å². The van der Waals surface area contributed by atoms with Crippen molar-refractivity contribution in [2.24, 2.45) is 0 Å². The molecule has 6 heteroatoms. The lowest BCUT2D eigenvalue weighted by molar-refractivity contribution is -0.132.